The zero-order chi connectivity index (χ0) is 13.5. The molecule has 1 aliphatic rings. The molecule has 0 saturated carbocycles. The van der Waals surface area contributed by atoms with Crippen LogP contribution in [-0.2, 0) is 4.74 Å². The van der Waals surface area contributed by atoms with Crippen LogP contribution in [0.15, 0.2) is 12.4 Å². The maximum atomic E-state index is 5.39. The van der Waals surface area contributed by atoms with E-state index in [1.54, 1.807) is 19.5 Å². The van der Waals surface area contributed by atoms with Crippen LogP contribution in [0.1, 0.15) is 13.3 Å². The van der Waals surface area contributed by atoms with Gasteiger partial charge in [0, 0.05) is 38.1 Å². The third kappa shape index (κ3) is 3.78. The molecule has 0 amide bonds. The van der Waals surface area contributed by atoms with Gasteiger partial charge in [0.05, 0.1) is 20.3 Å². The fourth-order valence-electron chi connectivity index (χ4n) is 2.28. The van der Waals surface area contributed by atoms with Crippen molar-refractivity contribution in [3.8, 4) is 5.88 Å². The first-order chi connectivity index (χ1) is 9.35. The fourth-order valence-corrected chi connectivity index (χ4v) is 2.28. The van der Waals surface area contributed by atoms with Crippen LogP contribution in [0.4, 0.5) is 5.82 Å². The Morgan fingerprint density at radius 1 is 1.37 bits per heavy atom. The number of ether oxygens (including phenoxy) is 2. The summed E-state index contributed by atoms with van der Waals surface area (Å²) >= 11 is 0. The molecule has 6 heteroatoms. The second-order valence-electron chi connectivity index (χ2n) is 4.51. The van der Waals surface area contributed by atoms with E-state index in [1.165, 1.54) is 0 Å². The first-order valence-corrected chi connectivity index (χ1v) is 6.75. The average molecular weight is 266 g/mol. The number of nitrogens with one attached hydrogen (secondary N) is 1. The predicted octanol–water partition coefficient (Wildman–Crippen LogP) is 1.01. The smallest absolute Gasteiger partial charge is 0.257 e. The molecule has 0 aliphatic carbocycles. The van der Waals surface area contributed by atoms with Crippen molar-refractivity contribution in [2.24, 2.45) is 0 Å². The molecule has 1 saturated heterocycles. The van der Waals surface area contributed by atoms with Gasteiger partial charge < -0.3 is 14.8 Å². The summed E-state index contributed by atoms with van der Waals surface area (Å²) in [5.41, 5.74) is 0. The summed E-state index contributed by atoms with van der Waals surface area (Å²) in [5, 5.41) is 3.33. The molecule has 0 spiro atoms. The number of aromatic nitrogens is 2. The number of rotatable bonds is 6. The van der Waals surface area contributed by atoms with Gasteiger partial charge in [-0.1, -0.05) is 6.92 Å². The largest absolute Gasteiger partial charge is 0.478 e. The Kier molecular flexibility index (Phi) is 5.35. The lowest BCUT2D eigenvalue weighted by Gasteiger charge is -2.34. The lowest BCUT2D eigenvalue weighted by atomic mass is 10.1. The molecule has 0 bridgehead atoms. The van der Waals surface area contributed by atoms with E-state index < -0.39 is 0 Å². The Bertz CT molecular complexity index is 383. The highest BCUT2D eigenvalue weighted by Gasteiger charge is 2.19. The molecule has 2 rings (SSSR count). The van der Waals surface area contributed by atoms with Crippen LogP contribution in [0, 0.1) is 0 Å². The van der Waals surface area contributed by atoms with Gasteiger partial charge >= 0.3 is 0 Å². The van der Waals surface area contributed by atoms with Gasteiger partial charge in [-0.15, -0.1) is 0 Å². The minimum atomic E-state index is 0.482. The number of methoxy groups -OCH3 is 1. The molecule has 1 aromatic rings. The Labute approximate surface area is 114 Å². The number of anilines is 1. The molecule has 0 radical (unpaired) electrons. The van der Waals surface area contributed by atoms with Crippen LogP contribution >= 0.6 is 0 Å². The standard InChI is InChI=1S/C13H22N4O2/c1-3-11(17-6-8-19-9-7-17)10-16-12-13(18-2)15-5-4-14-12/h4-5,11H,3,6-10H2,1-2H3,(H,14,16)/t11-/m0/s1. The van der Waals surface area contributed by atoms with Crippen molar-refractivity contribution < 1.29 is 9.47 Å². The second-order valence-corrected chi connectivity index (χ2v) is 4.51. The van der Waals surface area contributed by atoms with Crippen LogP contribution in [-0.4, -0.2) is 60.9 Å². The first-order valence-electron chi connectivity index (χ1n) is 6.75. The van der Waals surface area contributed by atoms with Gasteiger partial charge in [-0.3, -0.25) is 4.90 Å². The molecule has 2 heterocycles. The van der Waals surface area contributed by atoms with E-state index in [0.717, 1.165) is 39.3 Å². The van der Waals surface area contributed by atoms with Crippen molar-refractivity contribution in [3.05, 3.63) is 12.4 Å². The number of morpholine rings is 1. The molecular weight excluding hydrogens is 244 g/mol. The van der Waals surface area contributed by atoms with E-state index in [-0.39, 0.29) is 0 Å². The summed E-state index contributed by atoms with van der Waals surface area (Å²) in [6, 6.07) is 0.482. The third-order valence-electron chi connectivity index (χ3n) is 3.40. The number of hydrogen-bond donors (Lipinski definition) is 1. The summed E-state index contributed by atoms with van der Waals surface area (Å²) in [5.74, 6) is 1.25. The molecule has 0 unspecified atom stereocenters. The van der Waals surface area contributed by atoms with Gasteiger partial charge in [0.25, 0.3) is 5.88 Å². The van der Waals surface area contributed by atoms with Gasteiger partial charge in [-0.25, -0.2) is 9.97 Å². The SMILES string of the molecule is CC[C@@H](CNc1nccnc1OC)N1CCOCC1. The number of hydrogen-bond acceptors (Lipinski definition) is 6. The zero-order valence-corrected chi connectivity index (χ0v) is 11.6. The van der Waals surface area contributed by atoms with Gasteiger partial charge in [0.15, 0.2) is 5.82 Å². The highest BCUT2D eigenvalue weighted by Crippen LogP contribution is 2.17. The van der Waals surface area contributed by atoms with Crippen molar-refractivity contribution in [1.29, 1.82) is 0 Å². The molecule has 1 atom stereocenters. The van der Waals surface area contributed by atoms with Crippen molar-refractivity contribution >= 4 is 5.82 Å². The van der Waals surface area contributed by atoms with Crippen molar-refractivity contribution in [1.82, 2.24) is 14.9 Å². The summed E-state index contributed by atoms with van der Waals surface area (Å²) in [7, 11) is 1.61. The van der Waals surface area contributed by atoms with E-state index in [2.05, 4.69) is 27.1 Å². The molecule has 19 heavy (non-hydrogen) atoms. The summed E-state index contributed by atoms with van der Waals surface area (Å²) in [6.07, 6.45) is 4.39. The Morgan fingerprint density at radius 2 is 2.11 bits per heavy atom. The molecular formula is C13H22N4O2. The number of nitrogens with zero attached hydrogens (tertiary/aromatic N) is 3. The van der Waals surface area contributed by atoms with Crippen molar-refractivity contribution in [3.63, 3.8) is 0 Å². The first kappa shape index (κ1) is 14.0. The van der Waals surface area contributed by atoms with Crippen LogP contribution < -0.4 is 10.1 Å². The van der Waals surface area contributed by atoms with E-state index in [0.29, 0.717) is 17.7 Å². The Morgan fingerprint density at radius 3 is 2.79 bits per heavy atom. The van der Waals surface area contributed by atoms with Gasteiger partial charge in [-0.05, 0) is 6.42 Å². The maximum absolute atomic E-state index is 5.39. The summed E-state index contributed by atoms with van der Waals surface area (Å²) in [4.78, 5) is 10.8. The third-order valence-corrected chi connectivity index (χ3v) is 3.40. The van der Waals surface area contributed by atoms with Crippen molar-refractivity contribution in [2.45, 2.75) is 19.4 Å². The van der Waals surface area contributed by atoms with Crippen LogP contribution in [0.3, 0.4) is 0 Å². The van der Waals surface area contributed by atoms with Crippen LogP contribution in [0.2, 0.25) is 0 Å². The average Bonchev–Trinajstić information content (AvgIpc) is 2.49. The Balaban J connectivity index is 1.91. The fraction of sp³-hybridized carbons (Fsp3) is 0.692. The topological polar surface area (TPSA) is 59.5 Å². The molecule has 1 aliphatic heterocycles. The molecule has 1 N–H and O–H groups in total. The molecule has 1 aromatic heterocycles. The minimum absolute atomic E-state index is 0.482. The van der Waals surface area contributed by atoms with E-state index in [9.17, 15) is 0 Å². The highest BCUT2D eigenvalue weighted by atomic mass is 16.5. The monoisotopic (exact) mass is 266 g/mol. The van der Waals surface area contributed by atoms with E-state index in [4.69, 9.17) is 9.47 Å². The summed E-state index contributed by atoms with van der Waals surface area (Å²) < 4.78 is 10.6. The van der Waals surface area contributed by atoms with E-state index >= 15 is 0 Å². The molecule has 106 valence electrons. The maximum Gasteiger partial charge on any atom is 0.257 e. The van der Waals surface area contributed by atoms with Crippen LogP contribution in [0.5, 0.6) is 5.88 Å². The zero-order valence-electron chi connectivity index (χ0n) is 11.6. The lowest BCUT2D eigenvalue weighted by Crippen LogP contribution is -2.46. The predicted molar refractivity (Wildman–Crippen MR) is 73.5 cm³/mol. The second kappa shape index (κ2) is 7.25. The van der Waals surface area contributed by atoms with Gasteiger partial charge in [-0.2, -0.15) is 0 Å². The van der Waals surface area contributed by atoms with Crippen molar-refractivity contribution in [2.75, 3.05) is 45.3 Å². The van der Waals surface area contributed by atoms with Gasteiger partial charge in [0.1, 0.15) is 0 Å². The van der Waals surface area contributed by atoms with Crippen LogP contribution in [0.25, 0.3) is 0 Å². The highest BCUT2D eigenvalue weighted by molar-refractivity contribution is 5.44. The molecule has 0 aromatic carbocycles. The molecule has 1 fully saturated rings. The molecule has 6 nitrogen and oxygen atoms in total. The van der Waals surface area contributed by atoms with Gasteiger partial charge in [0.2, 0.25) is 0 Å². The van der Waals surface area contributed by atoms with E-state index in [1.807, 2.05) is 0 Å². The quantitative estimate of drug-likeness (QED) is 0.829. The normalized spacial score (nSPS) is 18.0. The Hall–Kier alpha value is -1.40. The summed E-state index contributed by atoms with van der Waals surface area (Å²) in [6.45, 7) is 6.69. The minimum Gasteiger partial charge on any atom is -0.478 e. The lowest BCUT2D eigenvalue weighted by molar-refractivity contribution is 0.0184.